The van der Waals surface area contributed by atoms with Crippen molar-refractivity contribution in [3.05, 3.63) is 0 Å². The van der Waals surface area contributed by atoms with Crippen LogP contribution in [0, 0.1) is 5.92 Å². The van der Waals surface area contributed by atoms with E-state index in [2.05, 4.69) is 31.4 Å². The molecule has 1 saturated carbocycles. The van der Waals surface area contributed by atoms with Crippen LogP contribution in [-0.2, 0) is 4.79 Å². The summed E-state index contributed by atoms with van der Waals surface area (Å²) >= 11 is 0. The van der Waals surface area contributed by atoms with Gasteiger partial charge in [0.25, 0.3) is 0 Å². The van der Waals surface area contributed by atoms with E-state index >= 15 is 0 Å². The predicted molar refractivity (Wildman–Crippen MR) is 72.1 cm³/mol. The fraction of sp³-hybridized carbons (Fsp3) is 0.923. The third-order valence-corrected chi connectivity index (χ3v) is 3.39. The molecule has 5 N–H and O–H groups in total. The Kier molecular flexibility index (Phi) is 5.56. The van der Waals surface area contributed by atoms with Crippen molar-refractivity contribution >= 4 is 5.91 Å². The molecule has 0 bridgehead atoms. The predicted octanol–water partition coefficient (Wildman–Crippen LogP) is -0.0210. The van der Waals surface area contributed by atoms with Gasteiger partial charge in [0.2, 0.25) is 5.91 Å². The number of nitrogens with one attached hydrogen (secondary N) is 2. The summed E-state index contributed by atoms with van der Waals surface area (Å²) in [6.07, 6.45) is 2.80. The Hall–Kier alpha value is -0.650. The smallest absolute Gasteiger partial charge is 0.233 e. The molecule has 0 aromatic carbocycles. The van der Waals surface area contributed by atoms with Crippen LogP contribution in [-0.4, -0.2) is 41.8 Å². The first-order chi connectivity index (χ1) is 8.35. The van der Waals surface area contributed by atoms with Gasteiger partial charge in [-0.05, 0) is 40.0 Å². The van der Waals surface area contributed by atoms with E-state index in [1.165, 1.54) is 0 Å². The van der Waals surface area contributed by atoms with Crippen LogP contribution in [0.1, 0.15) is 40.0 Å². The molecule has 1 rings (SSSR count). The molecule has 1 fully saturated rings. The summed E-state index contributed by atoms with van der Waals surface area (Å²) in [5, 5.41) is 15.9. The Balaban J connectivity index is 2.51. The van der Waals surface area contributed by atoms with Gasteiger partial charge in [0.1, 0.15) is 0 Å². The van der Waals surface area contributed by atoms with Crippen LogP contribution < -0.4 is 16.4 Å². The van der Waals surface area contributed by atoms with Gasteiger partial charge < -0.3 is 21.5 Å². The van der Waals surface area contributed by atoms with E-state index in [-0.39, 0.29) is 36.6 Å². The van der Waals surface area contributed by atoms with Gasteiger partial charge in [-0.15, -0.1) is 0 Å². The molecule has 3 atom stereocenters. The van der Waals surface area contributed by atoms with Crippen molar-refractivity contribution < 1.29 is 9.90 Å². The number of hydrogen-bond donors (Lipinski definition) is 4. The molecular weight excluding hydrogens is 230 g/mol. The lowest BCUT2D eigenvalue weighted by atomic mass is 9.81. The number of aliphatic hydroxyl groups is 1. The lowest BCUT2D eigenvalue weighted by molar-refractivity contribution is -0.121. The second-order valence-corrected chi connectivity index (χ2v) is 6.23. The Morgan fingerprint density at radius 1 is 1.39 bits per heavy atom. The van der Waals surface area contributed by atoms with Crippen LogP contribution >= 0.6 is 0 Å². The highest BCUT2D eigenvalue weighted by atomic mass is 16.3. The maximum Gasteiger partial charge on any atom is 0.233 e. The number of rotatable bonds is 4. The molecule has 5 nitrogen and oxygen atoms in total. The molecule has 1 aliphatic rings. The van der Waals surface area contributed by atoms with E-state index in [1.54, 1.807) is 0 Å². The van der Waals surface area contributed by atoms with Crippen molar-refractivity contribution in [2.45, 2.75) is 57.7 Å². The molecule has 0 saturated heterocycles. The van der Waals surface area contributed by atoms with Crippen LogP contribution in [0.2, 0.25) is 0 Å². The van der Waals surface area contributed by atoms with E-state index in [1.807, 2.05) is 0 Å². The summed E-state index contributed by atoms with van der Waals surface area (Å²) in [6.45, 7) is 6.55. The van der Waals surface area contributed by atoms with Gasteiger partial charge in [-0.1, -0.05) is 0 Å². The molecule has 0 aliphatic heterocycles. The highest BCUT2D eigenvalue weighted by Crippen LogP contribution is 2.26. The van der Waals surface area contributed by atoms with Gasteiger partial charge in [0.15, 0.2) is 0 Å². The van der Waals surface area contributed by atoms with E-state index in [9.17, 15) is 9.90 Å². The first-order valence-corrected chi connectivity index (χ1v) is 6.73. The summed E-state index contributed by atoms with van der Waals surface area (Å²) in [5.74, 6) is -0.0187. The van der Waals surface area contributed by atoms with Crippen LogP contribution in [0.4, 0.5) is 0 Å². The summed E-state index contributed by atoms with van der Waals surface area (Å²) in [5.41, 5.74) is 5.38. The summed E-state index contributed by atoms with van der Waals surface area (Å²) in [6, 6.07) is 0.470. The molecule has 106 valence electrons. The van der Waals surface area contributed by atoms with Crippen molar-refractivity contribution in [3.63, 3.8) is 0 Å². The van der Waals surface area contributed by atoms with Crippen molar-refractivity contribution in [1.29, 1.82) is 0 Å². The topological polar surface area (TPSA) is 87.4 Å². The zero-order valence-electron chi connectivity index (χ0n) is 11.7. The van der Waals surface area contributed by atoms with E-state index in [4.69, 9.17) is 5.73 Å². The minimum atomic E-state index is -0.138. The van der Waals surface area contributed by atoms with Crippen molar-refractivity contribution in [2.24, 2.45) is 11.7 Å². The lowest BCUT2D eigenvalue weighted by Crippen LogP contribution is -2.53. The Bertz CT molecular complexity index is 276. The van der Waals surface area contributed by atoms with Gasteiger partial charge in [0.05, 0.1) is 6.54 Å². The van der Waals surface area contributed by atoms with Crippen LogP contribution in [0.15, 0.2) is 0 Å². The first-order valence-electron chi connectivity index (χ1n) is 6.73. The molecule has 0 aromatic rings. The number of nitrogens with two attached hydrogens (primary N) is 1. The summed E-state index contributed by atoms with van der Waals surface area (Å²) < 4.78 is 0. The maximum atomic E-state index is 11.3. The third-order valence-electron chi connectivity index (χ3n) is 3.39. The van der Waals surface area contributed by atoms with E-state index in [0.29, 0.717) is 6.04 Å². The lowest BCUT2D eigenvalue weighted by Gasteiger charge is -2.39. The number of hydrogen-bond acceptors (Lipinski definition) is 4. The molecule has 0 radical (unpaired) electrons. The standard InChI is InChI=1S/C13H27N3O2/c1-13(2,3)16-10-4-5-11(9(6-10)8-17)15-12(18)7-14/h9-11,16-17H,4-8,14H2,1-3H3,(H,15,18)/t9-,10-,11+/m1/s1. The molecule has 1 aliphatic carbocycles. The quantitative estimate of drug-likeness (QED) is 0.570. The number of amides is 1. The monoisotopic (exact) mass is 257 g/mol. The van der Waals surface area contributed by atoms with Gasteiger partial charge in [-0.25, -0.2) is 0 Å². The summed E-state index contributed by atoms with van der Waals surface area (Å²) in [7, 11) is 0. The Labute approximate surface area is 110 Å². The van der Waals surface area contributed by atoms with Crippen LogP contribution in [0.3, 0.4) is 0 Å². The van der Waals surface area contributed by atoms with Crippen molar-refractivity contribution in [3.8, 4) is 0 Å². The van der Waals surface area contributed by atoms with Gasteiger partial charge >= 0.3 is 0 Å². The Morgan fingerprint density at radius 2 is 2.06 bits per heavy atom. The van der Waals surface area contributed by atoms with Crippen molar-refractivity contribution in [1.82, 2.24) is 10.6 Å². The molecule has 0 heterocycles. The molecule has 0 spiro atoms. The minimum Gasteiger partial charge on any atom is -0.396 e. The second kappa shape index (κ2) is 6.50. The number of carbonyl (C=O) groups excluding carboxylic acids is 1. The fourth-order valence-corrected chi connectivity index (χ4v) is 2.66. The Morgan fingerprint density at radius 3 is 2.56 bits per heavy atom. The number of aliphatic hydroxyl groups excluding tert-OH is 1. The molecule has 5 heteroatoms. The average molecular weight is 257 g/mol. The largest absolute Gasteiger partial charge is 0.396 e. The highest BCUT2D eigenvalue weighted by Gasteiger charge is 2.32. The highest BCUT2D eigenvalue weighted by molar-refractivity contribution is 5.78. The molecule has 1 amide bonds. The number of carbonyl (C=O) groups is 1. The molecular formula is C13H27N3O2. The molecule has 0 aromatic heterocycles. The maximum absolute atomic E-state index is 11.3. The zero-order valence-corrected chi connectivity index (χ0v) is 11.7. The minimum absolute atomic E-state index is 0.0122. The van der Waals surface area contributed by atoms with E-state index < -0.39 is 0 Å². The fourth-order valence-electron chi connectivity index (χ4n) is 2.66. The average Bonchev–Trinajstić information content (AvgIpc) is 2.28. The first kappa shape index (κ1) is 15.4. The van der Waals surface area contributed by atoms with Crippen LogP contribution in [0.25, 0.3) is 0 Å². The second-order valence-electron chi connectivity index (χ2n) is 6.23. The van der Waals surface area contributed by atoms with Gasteiger partial charge in [-0.2, -0.15) is 0 Å². The third kappa shape index (κ3) is 4.92. The van der Waals surface area contributed by atoms with Gasteiger partial charge in [0, 0.05) is 30.1 Å². The normalized spacial score (nSPS) is 29.1. The zero-order chi connectivity index (χ0) is 13.8. The molecule has 0 unspecified atom stereocenters. The van der Waals surface area contributed by atoms with Crippen molar-refractivity contribution in [2.75, 3.05) is 13.2 Å². The molecule has 18 heavy (non-hydrogen) atoms. The summed E-state index contributed by atoms with van der Waals surface area (Å²) in [4.78, 5) is 11.3. The van der Waals surface area contributed by atoms with E-state index in [0.717, 1.165) is 19.3 Å². The SMILES string of the molecule is CC(C)(C)N[C@@H]1CC[C@H](NC(=O)CN)[C@@H](CO)C1. The van der Waals surface area contributed by atoms with Gasteiger partial charge in [-0.3, -0.25) is 4.79 Å². The van der Waals surface area contributed by atoms with Crippen LogP contribution in [0.5, 0.6) is 0 Å².